The van der Waals surface area contributed by atoms with Crippen LogP contribution in [0.15, 0.2) is 96.6 Å². The minimum atomic E-state index is -0.537. The largest absolute Gasteiger partial charge is 0.491 e. The molecule has 0 spiro atoms. The van der Waals surface area contributed by atoms with Gasteiger partial charge in [-0.15, -0.1) is 0 Å². The minimum Gasteiger partial charge on any atom is -0.491 e. The molecule has 0 N–H and O–H groups in total. The number of benzene rings is 3. The van der Waals surface area contributed by atoms with Crippen molar-refractivity contribution in [3.8, 4) is 11.4 Å². The molecule has 5 aromatic rings. The Morgan fingerprint density at radius 3 is 2.08 bits per heavy atom. The molecule has 7 rings (SSSR count). The molecule has 3 atom stereocenters. The zero-order valence-corrected chi connectivity index (χ0v) is 27.5. The average molecular weight is 675 g/mol. The summed E-state index contributed by atoms with van der Waals surface area (Å²) in [5, 5.41) is 8.37. The van der Waals surface area contributed by atoms with Crippen molar-refractivity contribution in [1.29, 1.82) is 0 Å². The molecule has 2 aromatic heterocycles. The van der Waals surface area contributed by atoms with E-state index in [-0.39, 0.29) is 24.1 Å². The highest BCUT2D eigenvalue weighted by molar-refractivity contribution is 5.54. The lowest BCUT2D eigenvalue weighted by atomic mass is 10.2. The molecule has 2 aliphatic rings. The molecule has 14 heteroatoms. The lowest BCUT2D eigenvalue weighted by Crippen LogP contribution is -2.46. The third-order valence-electron chi connectivity index (χ3n) is 8.51. The van der Waals surface area contributed by atoms with Gasteiger partial charge in [-0.3, -0.25) is 0 Å². The number of hydrogen-bond acceptors (Lipinski definition) is 9. The van der Waals surface area contributed by atoms with E-state index >= 15 is 0 Å². The first kappa shape index (κ1) is 33.8. The van der Waals surface area contributed by atoms with Crippen LogP contribution < -0.4 is 20.2 Å². The summed E-state index contributed by atoms with van der Waals surface area (Å²) >= 11 is 0. The van der Waals surface area contributed by atoms with Crippen LogP contribution in [0.4, 0.5) is 20.2 Å². The molecule has 0 saturated carbocycles. The number of aromatic nitrogens is 6. The molecule has 4 heterocycles. The van der Waals surface area contributed by atoms with Gasteiger partial charge in [-0.05, 0) is 74.0 Å². The van der Waals surface area contributed by atoms with E-state index in [0.717, 1.165) is 55.8 Å². The number of halogens is 2. The van der Waals surface area contributed by atoms with E-state index < -0.39 is 11.6 Å². The van der Waals surface area contributed by atoms with Crippen molar-refractivity contribution in [1.82, 2.24) is 29.1 Å². The zero-order chi connectivity index (χ0) is 34.2. The number of hydrogen-bond donors (Lipinski definition) is 0. The van der Waals surface area contributed by atoms with Gasteiger partial charge in [0.1, 0.15) is 49.1 Å². The van der Waals surface area contributed by atoms with Gasteiger partial charge in [0.15, 0.2) is 6.29 Å². The molecule has 2 aliphatic heterocycles. The summed E-state index contributed by atoms with van der Waals surface area (Å²) in [6.45, 7) is 9.16. The predicted molar refractivity (Wildman–Crippen MR) is 180 cm³/mol. The lowest BCUT2D eigenvalue weighted by molar-refractivity contribution is -0.0744. The third-order valence-corrected chi connectivity index (χ3v) is 8.51. The molecule has 0 radical (unpaired) electrons. The standard InChI is InChI=1S/C29H36N8O4.C6H4F2/c1-3-22(2)37-29(38)36(21-32-37)25-6-4-23(5-7-25)33-12-14-34(15-13-33)24-8-10-26(11-9-24)39-17-27-18-40-28(41-27)16-35-20-30-19-31-35;7-5-2-1-3-6(8)4-5/h4-11,19-22,27-28H,3,12-18H2,1-2H3;1-4H/t22?,27-,28+;/m0./s1. The summed E-state index contributed by atoms with van der Waals surface area (Å²) in [5.74, 6) is -0.264. The Balaban J connectivity index is 0.000000459. The summed E-state index contributed by atoms with van der Waals surface area (Å²) < 4.78 is 46.3. The average Bonchev–Trinajstić information content (AvgIpc) is 3.90. The first-order valence-corrected chi connectivity index (χ1v) is 16.4. The smallest absolute Gasteiger partial charge is 0.350 e. The van der Waals surface area contributed by atoms with Crippen LogP contribution in [0.2, 0.25) is 0 Å². The van der Waals surface area contributed by atoms with Crippen molar-refractivity contribution in [3.63, 3.8) is 0 Å². The highest BCUT2D eigenvalue weighted by Crippen LogP contribution is 2.24. The molecule has 0 bridgehead atoms. The van der Waals surface area contributed by atoms with E-state index in [4.69, 9.17) is 14.2 Å². The second-order valence-electron chi connectivity index (χ2n) is 11.9. The minimum absolute atomic E-state index is 0.0786. The van der Waals surface area contributed by atoms with Crippen LogP contribution in [-0.2, 0) is 16.0 Å². The van der Waals surface area contributed by atoms with Crippen molar-refractivity contribution in [3.05, 3.63) is 114 Å². The molecule has 3 aromatic carbocycles. The molecular formula is C35H40F2N8O4. The Morgan fingerprint density at radius 1 is 0.878 bits per heavy atom. The van der Waals surface area contributed by atoms with Gasteiger partial charge in [-0.1, -0.05) is 13.0 Å². The van der Waals surface area contributed by atoms with Crippen LogP contribution in [0.5, 0.6) is 5.75 Å². The highest BCUT2D eigenvalue weighted by atomic mass is 19.1. The summed E-state index contributed by atoms with van der Waals surface area (Å²) in [6, 6.07) is 21.0. The topological polar surface area (TPSA) is 105 Å². The maximum absolute atomic E-state index is 12.7. The molecule has 49 heavy (non-hydrogen) atoms. The van der Waals surface area contributed by atoms with Gasteiger partial charge in [-0.25, -0.2) is 32.5 Å². The van der Waals surface area contributed by atoms with Crippen molar-refractivity contribution in [2.45, 2.75) is 45.2 Å². The van der Waals surface area contributed by atoms with Gasteiger partial charge in [0.2, 0.25) is 0 Å². The normalized spacial score (nSPS) is 18.2. The SMILES string of the molecule is CCC(C)n1ncn(-c2ccc(N3CCN(c4ccc(OC[C@H]5CO[C@@H](Cn6cncn6)O5)cc4)CC3)cc2)c1=O.Fc1cccc(F)c1. The van der Waals surface area contributed by atoms with E-state index in [9.17, 15) is 13.6 Å². The second kappa shape index (κ2) is 15.9. The fraction of sp³-hybridized carbons (Fsp3) is 0.371. The third kappa shape index (κ3) is 8.69. The Labute approximate surface area is 283 Å². The van der Waals surface area contributed by atoms with E-state index in [2.05, 4.69) is 56.2 Å². The summed E-state index contributed by atoms with van der Waals surface area (Å²) in [7, 11) is 0. The van der Waals surface area contributed by atoms with Crippen molar-refractivity contribution >= 4 is 11.4 Å². The van der Waals surface area contributed by atoms with E-state index in [1.54, 1.807) is 26.6 Å². The van der Waals surface area contributed by atoms with E-state index in [0.29, 0.717) is 19.8 Å². The Kier molecular flexibility index (Phi) is 11.0. The van der Waals surface area contributed by atoms with Crippen LogP contribution >= 0.6 is 0 Å². The molecule has 2 fully saturated rings. The van der Waals surface area contributed by atoms with E-state index in [1.165, 1.54) is 30.2 Å². The van der Waals surface area contributed by atoms with Gasteiger partial charge >= 0.3 is 5.69 Å². The monoisotopic (exact) mass is 674 g/mol. The van der Waals surface area contributed by atoms with Gasteiger partial charge in [0.25, 0.3) is 0 Å². The van der Waals surface area contributed by atoms with Gasteiger partial charge in [0.05, 0.1) is 24.9 Å². The van der Waals surface area contributed by atoms with Crippen LogP contribution in [0.3, 0.4) is 0 Å². The maximum Gasteiger partial charge on any atom is 0.350 e. The number of anilines is 2. The summed E-state index contributed by atoms with van der Waals surface area (Å²) in [4.78, 5) is 21.4. The van der Waals surface area contributed by atoms with Crippen LogP contribution in [-0.4, -0.2) is 80.9 Å². The lowest BCUT2D eigenvalue weighted by Gasteiger charge is -2.37. The number of ether oxygens (including phenoxy) is 3. The summed E-state index contributed by atoms with van der Waals surface area (Å²) in [6.07, 6.45) is 5.15. The van der Waals surface area contributed by atoms with Gasteiger partial charge in [-0.2, -0.15) is 10.2 Å². The molecule has 258 valence electrons. The molecular weight excluding hydrogens is 634 g/mol. The molecule has 1 unspecified atom stereocenters. The van der Waals surface area contributed by atoms with Crippen molar-refractivity contribution in [2.75, 3.05) is 49.2 Å². The molecule has 2 saturated heterocycles. The van der Waals surface area contributed by atoms with E-state index in [1.807, 2.05) is 31.2 Å². The van der Waals surface area contributed by atoms with Crippen molar-refractivity contribution in [2.24, 2.45) is 0 Å². The fourth-order valence-electron chi connectivity index (χ4n) is 5.59. The quantitative estimate of drug-likeness (QED) is 0.208. The number of nitrogens with zero attached hydrogens (tertiary/aromatic N) is 8. The van der Waals surface area contributed by atoms with Gasteiger partial charge < -0.3 is 24.0 Å². The summed E-state index contributed by atoms with van der Waals surface area (Å²) in [5.41, 5.74) is 3.05. The highest BCUT2D eigenvalue weighted by Gasteiger charge is 2.27. The van der Waals surface area contributed by atoms with Crippen LogP contribution in [0, 0.1) is 11.6 Å². The zero-order valence-electron chi connectivity index (χ0n) is 27.5. The second-order valence-corrected chi connectivity index (χ2v) is 11.9. The Morgan fingerprint density at radius 2 is 1.51 bits per heavy atom. The molecule has 12 nitrogen and oxygen atoms in total. The fourth-order valence-corrected chi connectivity index (χ4v) is 5.59. The predicted octanol–water partition coefficient (Wildman–Crippen LogP) is 4.71. The Bertz CT molecular complexity index is 1790. The Hall–Kier alpha value is -5.08. The van der Waals surface area contributed by atoms with Gasteiger partial charge in [0, 0.05) is 43.6 Å². The maximum atomic E-state index is 12.7. The molecule has 0 aliphatic carbocycles. The van der Waals surface area contributed by atoms with Crippen LogP contribution in [0.25, 0.3) is 5.69 Å². The van der Waals surface area contributed by atoms with Crippen LogP contribution in [0.1, 0.15) is 26.3 Å². The first-order valence-electron chi connectivity index (χ1n) is 16.4. The first-order chi connectivity index (χ1) is 23.9. The number of piperazine rings is 1. The number of rotatable bonds is 10. The van der Waals surface area contributed by atoms with Crippen molar-refractivity contribution < 1.29 is 23.0 Å². The molecule has 0 amide bonds.